The van der Waals surface area contributed by atoms with Gasteiger partial charge in [0, 0.05) is 92.2 Å². The molecule has 2 amide bonds. The number of allylic oxidation sites excluding steroid dienone is 1. The fraction of sp³-hybridized carbons (Fsp3) is 0.420. The first kappa shape index (κ1) is 46.9. The van der Waals surface area contributed by atoms with Gasteiger partial charge in [-0.25, -0.2) is 22.9 Å². The Hall–Kier alpha value is -6.17. The van der Waals surface area contributed by atoms with Crippen molar-refractivity contribution in [2.24, 2.45) is 11.3 Å². The van der Waals surface area contributed by atoms with Crippen molar-refractivity contribution in [3.63, 3.8) is 0 Å². The third-order valence-corrected chi connectivity index (χ3v) is 15.1. The summed E-state index contributed by atoms with van der Waals surface area (Å²) >= 11 is 6.25. The van der Waals surface area contributed by atoms with Crippen molar-refractivity contribution in [2.45, 2.75) is 70.1 Å². The Bertz CT molecular complexity index is 2850. The van der Waals surface area contributed by atoms with Gasteiger partial charge in [0.25, 0.3) is 21.6 Å². The zero-order valence-electron chi connectivity index (χ0n) is 38.3. The van der Waals surface area contributed by atoms with Gasteiger partial charge in [-0.1, -0.05) is 43.2 Å². The number of piperidine rings is 1. The molecule has 0 saturated carbocycles. The maximum Gasteiger partial charge on any atom is 0.409 e. The van der Waals surface area contributed by atoms with Crippen LogP contribution in [0.3, 0.4) is 0 Å². The summed E-state index contributed by atoms with van der Waals surface area (Å²) in [4.78, 5) is 51.7. The molecular formula is C50H56ClN7O9S. The number of likely N-dealkylation sites (tertiary alicyclic amines) is 1. The van der Waals surface area contributed by atoms with E-state index in [9.17, 15) is 28.1 Å². The Labute approximate surface area is 400 Å². The van der Waals surface area contributed by atoms with Gasteiger partial charge < -0.3 is 29.0 Å². The Kier molecular flexibility index (Phi) is 13.7. The van der Waals surface area contributed by atoms with Crippen LogP contribution in [0.2, 0.25) is 5.02 Å². The van der Waals surface area contributed by atoms with Crippen molar-refractivity contribution in [1.29, 1.82) is 0 Å². The van der Waals surface area contributed by atoms with Crippen LogP contribution in [0.15, 0.2) is 89.6 Å². The molecule has 1 aliphatic carbocycles. The largest absolute Gasteiger partial charge is 0.493 e. The normalized spacial score (nSPS) is 18.7. The van der Waals surface area contributed by atoms with Crippen molar-refractivity contribution in [1.82, 2.24) is 24.5 Å². The first-order valence-corrected chi connectivity index (χ1v) is 25.2. The van der Waals surface area contributed by atoms with Crippen molar-refractivity contribution < 1.29 is 37.1 Å². The summed E-state index contributed by atoms with van der Waals surface area (Å²) in [6, 6.07) is 18.9. The van der Waals surface area contributed by atoms with E-state index >= 15 is 0 Å². The highest BCUT2D eigenvalue weighted by Crippen LogP contribution is 2.44. The summed E-state index contributed by atoms with van der Waals surface area (Å²) in [6.45, 7) is 10.1. The van der Waals surface area contributed by atoms with Crippen LogP contribution in [0.5, 0.6) is 17.2 Å². The molecule has 2 N–H and O–H groups in total. The van der Waals surface area contributed by atoms with E-state index in [2.05, 4.69) is 50.5 Å². The number of anilines is 1. The standard InChI is InChI=1S/C50H56ClN7O9S/c1-50(2)15-12-36(43(29-50)34-6-8-37(51)9-7-34)31-55-19-21-56(22-20-55)38-10-11-41(46(26-38)67-39-25-35-13-16-52-47(35)53-30-39)48(59)54-68(63,64)40-27-44(58(61)62)42-24-33(32-66-45(42)28-40)14-23-65-49(60)57-17-4-3-5-18-57/h6-11,13,16,25-28,30,33H,3-5,12,14-15,17-24,29,31-32H2,1-2H3,(H,52,53)(H,54,59)/t33-/m1/s1. The minimum atomic E-state index is -4.68. The van der Waals surface area contributed by atoms with Crippen LogP contribution in [-0.2, 0) is 21.2 Å². The van der Waals surface area contributed by atoms with Crippen LogP contribution < -0.4 is 19.1 Å². The minimum Gasteiger partial charge on any atom is -0.493 e. The number of ether oxygens (including phenoxy) is 3. The van der Waals surface area contributed by atoms with Gasteiger partial charge in [0.15, 0.2) is 0 Å². The molecule has 0 radical (unpaired) electrons. The lowest BCUT2D eigenvalue weighted by Gasteiger charge is -2.39. The number of nitrogens with zero attached hydrogens (tertiary/aromatic N) is 5. The monoisotopic (exact) mass is 965 g/mol. The van der Waals surface area contributed by atoms with Crippen molar-refractivity contribution in [2.75, 3.05) is 63.9 Å². The van der Waals surface area contributed by atoms with Gasteiger partial charge in [0.1, 0.15) is 22.9 Å². The molecule has 16 nitrogen and oxygen atoms in total. The molecule has 5 heterocycles. The summed E-state index contributed by atoms with van der Waals surface area (Å²) in [6.07, 6.45) is 9.63. The number of hydrogen-bond acceptors (Lipinski definition) is 12. The maximum absolute atomic E-state index is 14.1. The second-order valence-electron chi connectivity index (χ2n) is 19.0. The highest BCUT2D eigenvalue weighted by atomic mass is 35.5. The minimum absolute atomic E-state index is 0.0381. The van der Waals surface area contributed by atoms with E-state index in [-0.39, 0.29) is 59.7 Å². The van der Waals surface area contributed by atoms with Gasteiger partial charge in [-0.3, -0.25) is 19.8 Å². The SMILES string of the molecule is CC1(C)CCC(CN2CCN(c3ccc(C(=O)NS(=O)(=O)c4cc5c(c([N+](=O)[O-])c4)C[C@@H](CCOC(=O)N4CCCCC4)CO5)c(Oc4cnc5[nH]ccc5c4)c3)CC2)=C(c2ccc(Cl)cc2)C1. The van der Waals surface area contributed by atoms with E-state index < -0.39 is 31.4 Å². The third kappa shape index (κ3) is 10.7. The number of piperazine rings is 1. The van der Waals surface area contributed by atoms with Crippen LogP contribution in [0.1, 0.15) is 80.3 Å². The molecule has 5 aromatic rings. The number of aromatic amines is 1. The summed E-state index contributed by atoms with van der Waals surface area (Å²) < 4.78 is 47.8. The van der Waals surface area contributed by atoms with Crippen molar-refractivity contribution in [3.8, 4) is 17.2 Å². The third-order valence-electron chi connectivity index (χ3n) is 13.6. The number of carbonyl (C=O) groups is 2. The molecule has 0 unspecified atom stereocenters. The predicted octanol–water partition coefficient (Wildman–Crippen LogP) is 9.39. The van der Waals surface area contributed by atoms with E-state index in [0.717, 1.165) is 80.3 Å². The number of rotatable bonds is 13. The lowest BCUT2D eigenvalue weighted by molar-refractivity contribution is -0.386. The van der Waals surface area contributed by atoms with E-state index in [1.807, 2.05) is 18.2 Å². The first-order chi connectivity index (χ1) is 32.7. The van der Waals surface area contributed by atoms with Gasteiger partial charge in [-0.2, -0.15) is 0 Å². The molecule has 0 bridgehead atoms. The zero-order valence-corrected chi connectivity index (χ0v) is 39.9. The number of halogens is 1. The number of nitro benzene ring substituents is 1. The fourth-order valence-electron chi connectivity index (χ4n) is 9.70. The lowest BCUT2D eigenvalue weighted by atomic mass is 9.72. The van der Waals surface area contributed by atoms with Crippen molar-refractivity contribution >= 4 is 61.6 Å². The second kappa shape index (κ2) is 19.8. The number of H-pyrrole nitrogens is 1. The predicted molar refractivity (Wildman–Crippen MR) is 259 cm³/mol. The Morgan fingerprint density at radius 1 is 1.00 bits per heavy atom. The molecule has 2 fully saturated rings. The number of fused-ring (bicyclic) bond motifs is 2. The molecule has 1 atom stereocenters. The van der Waals surface area contributed by atoms with Crippen LogP contribution in [0.4, 0.5) is 16.2 Å². The number of amides is 2. The van der Waals surface area contributed by atoms with Gasteiger partial charge in [0.05, 0.1) is 40.4 Å². The summed E-state index contributed by atoms with van der Waals surface area (Å²) in [5.41, 5.74) is 5.44. The maximum atomic E-state index is 14.1. The molecular weight excluding hydrogens is 910 g/mol. The molecule has 358 valence electrons. The van der Waals surface area contributed by atoms with E-state index in [0.29, 0.717) is 44.0 Å². The van der Waals surface area contributed by atoms with Crippen LogP contribution in [-0.4, -0.2) is 104 Å². The summed E-state index contributed by atoms with van der Waals surface area (Å²) in [5.74, 6) is -0.734. The lowest BCUT2D eigenvalue weighted by Crippen LogP contribution is -2.47. The molecule has 68 heavy (non-hydrogen) atoms. The van der Waals surface area contributed by atoms with Gasteiger partial charge in [-0.05, 0) is 104 Å². The molecule has 2 saturated heterocycles. The number of benzene rings is 3. The molecule has 3 aliphatic heterocycles. The Morgan fingerprint density at radius 3 is 2.54 bits per heavy atom. The topological polar surface area (TPSA) is 190 Å². The highest BCUT2D eigenvalue weighted by Gasteiger charge is 2.34. The number of pyridine rings is 1. The molecule has 9 rings (SSSR count). The van der Waals surface area contributed by atoms with Crippen LogP contribution >= 0.6 is 11.6 Å². The number of sulfonamides is 1. The van der Waals surface area contributed by atoms with Gasteiger partial charge in [0.2, 0.25) is 0 Å². The van der Waals surface area contributed by atoms with E-state index in [4.69, 9.17) is 25.8 Å². The smallest absolute Gasteiger partial charge is 0.409 e. The molecule has 4 aliphatic rings. The average Bonchev–Trinajstić information content (AvgIpc) is 3.80. The highest BCUT2D eigenvalue weighted by molar-refractivity contribution is 7.90. The Morgan fingerprint density at radius 2 is 1.78 bits per heavy atom. The van der Waals surface area contributed by atoms with Crippen molar-refractivity contribution in [3.05, 3.63) is 117 Å². The zero-order chi connectivity index (χ0) is 47.6. The molecule has 2 aromatic heterocycles. The van der Waals surface area contributed by atoms with Gasteiger partial charge >= 0.3 is 6.09 Å². The van der Waals surface area contributed by atoms with E-state index in [1.54, 1.807) is 29.3 Å². The van der Waals surface area contributed by atoms with Gasteiger partial charge in [-0.15, -0.1) is 0 Å². The average molecular weight is 967 g/mol. The molecule has 18 heteroatoms. The summed E-state index contributed by atoms with van der Waals surface area (Å²) in [5, 5.41) is 13.9. The number of hydrogen-bond donors (Lipinski definition) is 2. The Balaban J connectivity index is 0.907. The van der Waals surface area contributed by atoms with Crippen LogP contribution in [0.25, 0.3) is 16.6 Å². The quantitative estimate of drug-likeness (QED) is 0.0842. The fourth-order valence-corrected chi connectivity index (χ4v) is 10.8. The van der Waals surface area contributed by atoms with E-state index in [1.165, 1.54) is 35.0 Å². The molecule has 0 spiro atoms. The van der Waals surface area contributed by atoms with Crippen LogP contribution in [0, 0.1) is 21.4 Å². The number of nitro groups is 1. The second-order valence-corrected chi connectivity index (χ2v) is 21.1. The first-order valence-electron chi connectivity index (χ1n) is 23.3. The number of carbonyl (C=O) groups excluding carboxylic acids is 2. The summed E-state index contributed by atoms with van der Waals surface area (Å²) in [7, 11) is -4.68. The molecule has 3 aromatic carbocycles. The number of nitrogens with one attached hydrogen (secondary N) is 2. The number of aromatic nitrogens is 2.